The maximum atomic E-state index is 12.9. The number of unbranched alkanes of at least 4 members (excludes halogenated alkanes) is 32. The summed E-state index contributed by atoms with van der Waals surface area (Å²) in [5.74, 6) is -0.141. The van der Waals surface area contributed by atoms with Crippen LogP contribution in [-0.2, 0) is 18.4 Å². The van der Waals surface area contributed by atoms with E-state index in [0.29, 0.717) is 23.9 Å². The molecule has 0 aromatic rings. The molecule has 3 N–H and O–H groups in total. The van der Waals surface area contributed by atoms with Crippen molar-refractivity contribution in [1.82, 2.24) is 5.32 Å². The van der Waals surface area contributed by atoms with E-state index in [2.05, 4.69) is 19.2 Å². The number of hydrogen-bond donors (Lipinski definition) is 3. The van der Waals surface area contributed by atoms with Crippen LogP contribution in [0.5, 0.6) is 0 Å². The average Bonchev–Trinajstić information content (AvgIpc) is 3.15. The van der Waals surface area contributed by atoms with Crippen LogP contribution in [0.15, 0.2) is 0 Å². The van der Waals surface area contributed by atoms with Gasteiger partial charge in [-0.3, -0.25) is 13.8 Å². The predicted molar refractivity (Wildman–Crippen MR) is 240 cm³/mol. The first-order valence-corrected chi connectivity index (χ1v) is 25.9. The van der Waals surface area contributed by atoms with E-state index in [1.807, 2.05) is 21.1 Å². The number of quaternary nitrogens is 1. The Hall–Kier alpha value is -0.500. The molecule has 0 aromatic heterocycles. The number of likely N-dealkylation sites (N-methyl/N-ethyl adjacent to an activating group) is 1. The fourth-order valence-corrected chi connectivity index (χ4v) is 8.20. The molecule has 0 radical (unpaired) electrons. The number of nitrogens with one attached hydrogen (secondary N) is 1. The fraction of sp³-hybridized carbons (Fsp3) is 0.979. The van der Waals surface area contributed by atoms with Crippen molar-refractivity contribution in [1.29, 1.82) is 0 Å². The van der Waals surface area contributed by atoms with E-state index in [4.69, 9.17) is 9.05 Å². The molecule has 56 heavy (non-hydrogen) atoms. The lowest BCUT2D eigenvalue weighted by molar-refractivity contribution is -0.870. The summed E-state index contributed by atoms with van der Waals surface area (Å²) < 4.78 is 23.7. The van der Waals surface area contributed by atoms with Crippen LogP contribution in [-0.4, -0.2) is 73.4 Å². The highest BCUT2D eigenvalue weighted by atomic mass is 31.2. The molecule has 0 saturated heterocycles. The van der Waals surface area contributed by atoms with Crippen molar-refractivity contribution < 1.29 is 32.9 Å². The maximum Gasteiger partial charge on any atom is 0.472 e. The Bertz CT molecular complexity index is 885. The Morgan fingerprint density at radius 1 is 0.536 bits per heavy atom. The molecule has 0 aliphatic heterocycles. The lowest BCUT2D eigenvalue weighted by atomic mass is 10.0. The molecule has 0 heterocycles. The van der Waals surface area contributed by atoms with Gasteiger partial charge in [-0.15, -0.1) is 0 Å². The minimum Gasteiger partial charge on any atom is -0.391 e. The van der Waals surface area contributed by atoms with Gasteiger partial charge < -0.3 is 19.8 Å². The number of rotatable bonds is 45. The molecule has 0 aliphatic rings. The Morgan fingerprint density at radius 2 is 0.857 bits per heavy atom. The number of phosphoric ester groups is 1. The van der Waals surface area contributed by atoms with E-state index in [9.17, 15) is 19.4 Å². The Morgan fingerprint density at radius 3 is 1.20 bits per heavy atom. The number of aliphatic hydroxyl groups is 1. The lowest BCUT2D eigenvalue weighted by Gasteiger charge is -2.26. The van der Waals surface area contributed by atoms with Gasteiger partial charge in [0.1, 0.15) is 13.2 Å². The summed E-state index contributed by atoms with van der Waals surface area (Å²) in [5.41, 5.74) is 0. The number of phosphoric acid groups is 1. The van der Waals surface area contributed by atoms with Crippen LogP contribution in [0.4, 0.5) is 0 Å². The van der Waals surface area contributed by atoms with Crippen LogP contribution < -0.4 is 5.32 Å². The molecule has 0 aromatic carbocycles. The topological polar surface area (TPSA) is 105 Å². The molecule has 8 nitrogen and oxygen atoms in total. The lowest BCUT2D eigenvalue weighted by Crippen LogP contribution is -2.46. The van der Waals surface area contributed by atoms with Crippen LogP contribution >= 0.6 is 7.82 Å². The molecule has 0 saturated carbocycles. The predicted octanol–water partition coefficient (Wildman–Crippen LogP) is 13.8. The number of hydrogen-bond acceptors (Lipinski definition) is 5. The van der Waals surface area contributed by atoms with Gasteiger partial charge in [-0.2, -0.15) is 0 Å². The van der Waals surface area contributed by atoms with E-state index < -0.39 is 20.0 Å². The third kappa shape index (κ3) is 41.7. The minimum atomic E-state index is -4.31. The second kappa shape index (κ2) is 39.9. The molecule has 0 aliphatic carbocycles. The molecule has 336 valence electrons. The van der Waals surface area contributed by atoms with E-state index in [1.165, 1.54) is 180 Å². The van der Waals surface area contributed by atoms with Gasteiger partial charge in [0, 0.05) is 6.42 Å². The van der Waals surface area contributed by atoms with E-state index in [1.54, 1.807) is 0 Å². The van der Waals surface area contributed by atoms with Gasteiger partial charge in [0.15, 0.2) is 0 Å². The first-order chi connectivity index (χ1) is 27.0. The van der Waals surface area contributed by atoms with Crippen LogP contribution in [0.3, 0.4) is 0 Å². The number of aliphatic hydroxyl groups excluding tert-OH is 1. The molecular formula is C47H98N2O6P+. The molecule has 3 atom stereocenters. The van der Waals surface area contributed by atoms with Crippen molar-refractivity contribution in [3.05, 3.63) is 0 Å². The van der Waals surface area contributed by atoms with Gasteiger partial charge in [-0.1, -0.05) is 226 Å². The Kier molecular flexibility index (Phi) is 39.6. The van der Waals surface area contributed by atoms with Crippen LogP contribution in [0.1, 0.15) is 245 Å². The number of amides is 1. The summed E-state index contributed by atoms with van der Waals surface area (Å²) in [5, 5.41) is 14.0. The second-order valence-electron chi connectivity index (χ2n) is 18.2. The zero-order valence-corrected chi connectivity index (χ0v) is 39.0. The Labute approximate surface area is 349 Å². The van der Waals surface area contributed by atoms with Gasteiger partial charge in [0.25, 0.3) is 0 Å². The minimum absolute atomic E-state index is 0.0787. The first kappa shape index (κ1) is 55.5. The van der Waals surface area contributed by atoms with Gasteiger partial charge >= 0.3 is 7.82 Å². The molecule has 0 rings (SSSR count). The van der Waals surface area contributed by atoms with Crippen molar-refractivity contribution >= 4 is 13.7 Å². The number of nitrogens with zero attached hydrogens (tertiary/aromatic N) is 1. The van der Waals surface area contributed by atoms with Crippen molar-refractivity contribution in [2.24, 2.45) is 0 Å². The smallest absolute Gasteiger partial charge is 0.391 e. The fourth-order valence-electron chi connectivity index (χ4n) is 7.46. The molecular weight excluding hydrogens is 719 g/mol. The quantitative estimate of drug-likeness (QED) is 0.0321. The second-order valence-corrected chi connectivity index (χ2v) is 19.7. The highest BCUT2D eigenvalue weighted by molar-refractivity contribution is 7.47. The molecule has 1 amide bonds. The molecule has 9 heteroatoms. The summed E-state index contributed by atoms with van der Waals surface area (Å²) in [6.07, 6.45) is 44.2. The van der Waals surface area contributed by atoms with E-state index in [-0.39, 0.29) is 19.1 Å². The summed E-state index contributed by atoms with van der Waals surface area (Å²) >= 11 is 0. The van der Waals surface area contributed by atoms with Crippen molar-refractivity contribution in [3.8, 4) is 0 Å². The Balaban J connectivity index is 4.20. The zero-order valence-electron chi connectivity index (χ0n) is 38.2. The monoisotopic (exact) mass is 818 g/mol. The van der Waals surface area contributed by atoms with Gasteiger partial charge in [0.05, 0.1) is 39.9 Å². The largest absolute Gasteiger partial charge is 0.472 e. The summed E-state index contributed by atoms with van der Waals surface area (Å²) in [6, 6.07) is -0.753. The van der Waals surface area contributed by atoms with Crippen molar-refractivity contribution in [2.45, 2.75) is 257 Å². The molecule has 0 fully saturated rings. The summed E-state index contributed by atoms with van der Waals surface area (Å²) in [6.45, 7) is 4.91. The highest BCUT2D eigenvalue weighted by Crippen LogP contribution is 2.43. The third-order valence-electron chi connectivity index (χ3n) is 11.4. The van der Waals surface area contributed by atoms with Crippen molar-refractivity contribution in [2.75, 3.05) is 40.9 Å². The molecule has 3 unspecified atom stereocenters. The van der Waals surface area contributed by atoms with E-state index >= 15 is 0 Å². The SMILES string of the molecule is CCCCCCCCCCCCCCCCCCCCCCCCC(O)C(COP(=O)(O)OCC[N+](C)(C)C)NC(=O)CCCCCCCCCCCCCC. The third-order valence-corrected chi connectivity index (χ3v) is 12.3. The van der Waals surface area contributed by atoms with Crippen molar-refractivity contribution in [3.63, 3.8) is 0 Å². The standard InChI is InChI=1S/C47H97N2O6P/c1-6-8-10-12-14-16-18-20-21-22-23-24-25-26-27-28-29-30-32-34-36-38-40-46(50)45(44-55-56(52,53)54-43-42-49(3,4)5)48-47(51)41-39-37-35-33-31-19-17-15-13-11-9-7-2/h45-46,50H,6-44H2,1-5H3,(H-,48,51,52,53)/p+1. The number of carbonyl (C=O) groups excluding carboxylic acids is 1. The normalized spacial score (nSPS) is 14.2. The van der Waals surface area contributed by atoms with E-state index in [0.717, 1.165) is 38.5 Å². The van der Waals surface area contributed by atoms with Crippen LogP contribution in [0, 0.1) is 0 Å². The number of carbonyl (C=O) groups is 1. The molecule has 0 bridgehead atoms. The molecule has 0 spiro atoms. The summed E-state index contributed by atoms with van der Waals surface area (Å²) in [7, 11) is 1.63. The van der Waals surface area contributed by atoms with Crippen LogP contribution in [0.25, 0.3) is 0 Å². The van der Waals surface area contributed by atoms with Gasteiger partial charge in [-0.25, -0.2) is 4.57 Å². The maximum absolute atomic E-state index is 12.9. The highest BCUT2D eigenvalue weighted by Gasteiger charge is 2.28. The van der Waals surface area contributed by atoms with Gasteiger partial charge in [0.2, 0.25) is 5.91 Å². The average molecular weight is 818 g/mol. The van der Waals surface area contributed by atoms with Crippen LogP contribution in [0.2, 0.25) is 0 Å². The van der Waals surface area contributed by atoms with Gasteiger partial charge in [-0.05, 0) is 12.8 Å². The first-order valence-electron chi connectivity index (χ1n) is 24.4. The summed E-state index contributed by atoms with van der Waals surface area (Å²) in [4.78, 5) is 23.1. The zero-order chi connectivity index (χ0) is 41.4.